The van der Waals surface area contributed by atoms with E-state index in [0.29, 0.717) is 40.7 Å². The molecule has 0 radical (unpaired) electrons. The number of methoxy groups -OCH3 is 2. The average Bonchev–Trinajstić information content (AvgIpc) is 3.42. The highest BCUT2D eigenvalue weighted by atomic mass is 16.5. The molecule has 9 heteroatoms. The molecule has 1 fully saturated rings. The minimum Gasteiger partial charge on any atom is -0.507 e. The summed E-state index contributed by atoms with van der Waals surface area (Å²) in [4.78, 5) is 27.6. The van der Waals surface area contributed by atoms with Gasteiger partial charge in [0.15, 0.2) is 17.3 Å². The quantitative estimate of drug-likeness (QED) is 0.288. The number of hydrogen-bond donors (Lipinski definition) is 1. The van der Waals surface area contributed by atoms with Crippen molar-refractivity contribution in [3.8, 4) is 17.2 Å². The van der Waals surface area contributed by atoms with Crippen LogP contribution < -0.4 is 19.1 Å². The Morgan fingerprint density at radius 2 is 1.77 bits per heavy atom. The summed E-state index contributed by atoms with van der Waals surface area (Å²) < 4.78 is 21.4. The molecule has 0 saturated carbocycles. The Balaban J connectivity index is 1.87. The van der Waals surface area contributed by atoms with Crippen LogP contribution in [0.5, 0.6) is 17.2 Å². The highest BCUT2D eigenvalue weighted by Gasteiger charge is 2.48. The van der Waals surface area contributed by atoms with Crippen LogP contribution in [0.4, 0.5) is 5.82 Å². The van der Waals surface area contributed by atoms with Gasteiger partial charge in [0.2, 0.25) is 0 Å². The van der Waals surface area contributed by atoms with Gasteiger partial charge in [-0.2, -0.15) is 0 Å². The molecule has 1 aliphatic heterocycles. The molecule has 0 aliphatic carbocycles. The summed E-state index contributed by atoms with van der Waals surface area (Å²) in [6.45, 7) is 4.26. The lowest BCUT2D eigenvalue weighted by Crippen LogP contribution is -2.29. The summed E-state index contributed by atoms with van der Waals surface area (Å²) >= 11 is 0. The summed E-state index contributed by atoms with van der Waals surface area (Å²) in [6, 6.07) is 12.4. The fraction of sp³-hybridized carbons (Fsp3) is 0.269. The van der Waals surface area contributed by atoms with Gasteiger partial charge in [-0.05, 0) is 49.2 Å². The van der Waals surface area contributed by atoms with Crippen LogP contribution in [0, 0.1) is 6.92 Å². The Bertz CT molecular complexity index is 1280. The van der Waals surface area contributed by atoms with Gasteiger partial charge in [0.1, 0.15) is 17.3 Å². The number of aliphatic hydroxyl groups excluding tert-OH is 1. The third kappa shape index (κ3) is 4.44. The molecule has 2 aromatic carbocycles. The van der Waals surface area contributed by atoms with E-state index in [0.717, 1.165) is 6.42 Å². The molecule has 1 saturated heterocycles. The standard InChI is InChI=1S/C26H26N2O7/c1-5-12-34-18-9-6-16(7-10-18)23-22(24(29)17-8-11-19(32-3)20(14-17)33-4)25(30)26(31)28(23)21-13-15(2)35-27-21/h6-11,13-14,23,29H,5,12H2,1-4H3/t23-/m1/s1. The minimum atomic E-state index is -0.937. The van der Waals surface area contributed by atoms with Crippen LogP contribution in [0.3, 0.4) is 0 Å². The second-order valence-electron chi connectivity index (χ2n) is 7.95. The zero-order valence-corrected chi connectivity index (χ0v) is 19.9. The van der Waals surface area contributed by atoms with E-state index in [4.69, 9.17) is 18.7 Å². The SMILES string of the molecule is CCCOc1ccc([C@@H]2C(=C(O)c3ccc(OC)c(OC)c3)C(=O)C(=O)N2c2cc(C)on2)cc1. The number of carbonyl (C=O) groups excluding carboxylic acids is 2. The summed E-state index contributed by atoms with van der Waals surface area (Å²) in [5.41, 5.74) is 0.811. The molecule has 0 spiro atoms. The summed E-state index contributed by atoms with van der Waals surface area (Å²) in [5.74, 6) is 0.128. The molecule has 1 aliphatic rings. The second kappa shape index (κ2) is 9.92. The van der Waals surface area contributed by atoms with E-state index in [-0.39, 0.29) is 17.2 Å². The molecule has 2 heterocycles. The van der Waals surface area contributed by atoms with E-state index in [1.807, 2.05) is 6.92 Å². The molecule has 1 aromatic heterocycles. The maximum Gasteiger partial charge on any atom is 0.301 e. The molecule has 4 rings (SSSR count). The van der Waals surface area contributed by atoms with Crippen molar-refractivity contribution in [3.63, 3.8) is 0 Å². The number of nitrogens with zero attached hydrogens (tertiary/aromatic N) is 2. The number of aliphatic hydroxyl groups is 1. The van der Waals surface area contributed by atoms with Crippen LogP contribution in [0.15, 0.2) is 58.6 Å². The van der Waals surface area contributed by atoms with Crippen LogP contribution in [0.25, 0.3) is 5.76 Å². The molecule has 0 bridgehead atoms. The highest BCUT2D eigenvalue weighted by molar-refractivity contribution is 6.51. The first-order chi connectivity index (χ1) is 16.9. The zero-order chi connectivity index (χ0) is 25.1. The van der Waals surface area contributed by atoms with E-state index in [1.54, 1.807) is 55.5 Å². The number of benzene rings is 2. The number of anilines is 1. The predicted octanol–water partition coefficient (Wildman–Crippen LogP) is 4.42. The van der Waals surface area contributed by atoms with Crippen molar-refractivity contribution in [2.24, 2.45) is 0 Å². The lowest BCUT2D eigenvalue weighted by atomic mass is 9.95. The summed E-state index contributed by atoms with van der Waals surface area (Å²) in [6.07, 6.45) is 0.860. The largest absolute Gasteiger partial charge is 0.507 e. The lowest BCUT2D eigenvalue weighted by Gasteiger charge is -2.23. The smallest absolute Gasteiger partial charge is 0.301 e. The first-order valence-electron chi connectivity index (χ1n) is 11.1. The van der Waals surface area contributed by atoms with Crippen molar-refractivity contribution in [1.82, 2.24) is 5.16 Å². The monoisotopic (exact) mass is 478 g/mol. The van der Waals surface area contributed by atoms with E-state index in [1.165, 1.54) is 19.1 Å². The maximum absolute atomic E-state index is 13.2. The zero-order valence-electron chi connectivity index (χ0n) is 19.9. The molecule has 3 aromatic rings. The van der Waals surface area contributed by atoms with Crippen molar-refractivity contribution in [3.05, 3.63) is 71.0 Å². The maximum atomic E-state index is 13.2. The molecule has 182 valence electrons. The van der Waals surface area contributed by atoms with E-state index >= 15 is 0 Å². The molecule has 1 amide bonds. The van der Waals surface area contributed by atoms with Crippen molar-refractivity contribution in [2.45, 2.75) is 26.3 Å². The average molecular weight is 479 g/mol. The number of aryl methyl sites for hydroxylation is 1. The van der Waals surface area contributed by atoms with E-state index < -0.39 is 17.7 Å². The van der Waals surface area contributed by atoms with Crippen LogP contribution >= 0.6 is 0 Å². The first kappa shape index (κ1) is 23.9. The van der Waals surface area contributed by atoms with Crippen LogP contribution in [0.1, 0.15) is 36.3 Å². The van der Waals surface area contributed by atoms with E-state index in [2.05, 4.69) is 5.16 Å². The van der Waals surface area contributed by atoms with Gasteiger partial charge >= 0.3 is 5.91 Å². The van der Waals surface area contributed by atoms with Gasteiger partial charge in [-0.1, -0.05) is 24.2 Å². The van der Waals surface area contributed by atoms with Gasteiger partial charge in [0.05, 0.1) is 32.4 Å². The Hall–Kier alpha value is -4.27. The predicted molar refractivity (Wildman–Crippen MR) is 128 cm³/mol. The van der Waals surface area contributed by atoms with Crippen molar-refractivity contribution in [1.29, 1.82) is 0 Å². The normalized spacial score (nSPS) is 17.0. The Morgan fingerprint density at radius 3 is 2.37 bits per heavy atom. The molecule has 35 heavy (non-hydrogen) atoms. The van der Waals surface area contributed by atoms with Gasteiger partial charge in [-0.3, -0.25) is 14.5 Å². The van der Waals surface area contributed by atoms with Gasteiger partial charge in [-0.15, -0.1) is 0 Å². The Morgan fingerprint density at radius 1 is 1.06 bits per heavy atom. The molecule has 1 N–H and O–H groups in total. The number of ether oxygens (including phenoxy) is 3. The highest BCUT2D eigenvalue weighted by Crippen LogP contribution is 2.43. The second-order valence-corrected chi connectivity index (χ2v) is 7.95. The number of ketones is 1. The number of carbonyl (C=O) groups is 2. The number of Topliss-reactive ketones (excluding diaryl/α,β-unsaturated/α-hetero) is 1. The van der Waals surface area contributed by atoms with Crippen LogP contribution in [-0.2, 0) is 9.59 Å². The fourth-order valence-corrected chi connectivity index (χ4v) is 3.96. The van der Waals surface area contributed by atoms with Gasteiger partial charge < -0.3 is 23.8 Å². The summed E-state index contributed by atoms with van der Waals surface area (Å²) in [7, 11) is 2.96. The van der Waals surface area contributed by atoms with Crippen molar-refractivity contribution >= 4 is 23.3 Å². The first-order valence-corrected chi connectivity index (χ1v) is 11.1. The van der Waals surface area contributed by atoms with Crippen LogP contribution in [-0.4, -0.2) is 42.8 Å². The molecule has 1 atom stereocenters. The Labute approximate surface area is 202 Å². The minimum absolute atomic E-state index is 0.0786. The van der Waals surface area contributed by atoms with Gasteiger partial charge in [0.25, 0.3) is 5.78 Å². The summed E-state index contributed by atoms with van der Waals surface area (Å²) in [5, 5.41) is 15.2. The third-order valence-electron chi connectivity index (χ3n) is 5.63. The number of amides is 1. The lowest BCUT2D eigenvalue weighted by molar-refractivity contribution is -0.132. The molecule has 0 unspecified atom stereocenters. The van der Waals surface area contributed by atoms with E-state index in [9.17, 15) is 14.7 Å². The number of rotatable bonds is 8. The number of hydrogen-bond acceptors (Lipinski definition) is 8. The fourth-order valence-electron chi connectivity index (χ4n) is 3.96. The topological polar surface area (TPSA) is 111 Å². The third-order valence-corrected chi connectivity index (χ3v) is 5.63. The van der Waals surface area contributed by atoms with Crippen molar-refractivity contribution in [2.75, 3.05) is 25.7 Å². The Kier molecular flexibility index (Phi) is 6.77. The van der Waals surface area contributed by atoms with Gasteiger partial charge in [0, 0.05) is 11.6 Å². The van der Waals surface area contributed by atoms with Crippen LogP contribution in [0.2, 0.25) is 0 Å². The molecular weight excluding hydrogens is 452 g/mol. The van der Waals surface area contributed by atoms with Gasteiger partial charge in [-0.25, -0.2) is 0 Å². The number of aromatic nitrogens is 1. The molecule has 9 nitrogen and oxygen atoms in total. The van der Waals surface area contributed by atoms with Crippen molar-refractivity contribution < 1.29 is 33.4 Å². The molecular formula is C26H26N2O7.